The van der Waals surface area contributed by atoms with Crippen LogP contribution in [0.5, 0.6) is 0 Å². The standard InChI is InChI=1S/C7H7N2O/c10-5-4-9-7-2-1-3-8-6-7/h1-3,6,9H,4H2. The molecular formula is C7H7N2O. The summed E-state index contributed by atoms with van der Waals surface area (Å²) in [7, 11) is 0. The molecule has 1 N–H and O–H groups in total. The van der Waals surface area contributed by atoms with Gasteiger partial charge in [0.15, 0.2) is 0 Å². The molecule has 0 aliphatic heterocycles. The minimum Gasteiger partial charge on any atom is -0.376 e. The summed E-state index contributed by atoms with van der Waals surface area (Å²) in [5.41, 5.74) is 0.839. The largest absolute Gasteiger partial charge is 0.376 e. The van der Waals surface area contributed by atoms with Crippen LogP contribution in [0.25, 0.3) is 0 Å². The van der Waals surface area contributed by atoms with E-state index >= 15 is 0 Å². The maximum absolute atomic E-state index is 9.77. The molecular weight excluding hydrogens is 128 g/mol. The molecule has 51 valence electrons. The molecule has 0 spiro atoms. The summed E-state index contributed by atoms with van der Waals surface area (Å²) < 4.78 is 0. The van der Waals surface area contributed by atoms with E-state index < -0.39 is 0 Å². The predicted octanol–water partition coefficient (Wildman–Crippen LogP) is 0.603. The number of hydrogen-bond donors (Lipinski definition) is 1. The second-order valence-electron chi connectivity index (χ2n) is 1.74. The van der Waals surface area contributed by atoms with Gasteiger partial charge in [0.1, 0.15) is 0 Å². The number of hydrogen-bond acceptors (Lipinski definition) is 3. The van der Waals surface area contributed by atoms with Gasteiger partial charge in [0.25, 0.3) is 0 Å². The van der Waals surface area contributed by atoms with Crippen molar-refractivity contribution in [3.05, 3.63) is 24.5 Å². The molecule has 0 aromatic carbocycles. The fourth-order valence-corrected chi connectivity index (χ4v) is 0.605. The van der Waals surface area contributed by atoms with Crippen molar-refractivity contribution in [1.82, 2.24) is 4.98 Å². The van der Waals surface area contributed by atoms with Crippen molar-refractivity contribution in [2.24, 2.45) is 0 Å². The number of carbonyl (C=O) groups excluding carboxylic acids is 1. The Kier molecular flexibility index (Phi) is 2.43. The lowest BCUT2D eigenvalue weighted by Crippen LogP contribution is -2.01. The number of rotatable bonds is 3. The van der Waals surface area contributed by atoms with Crippen LogP contribution in [0.2, 0.25) is 0 Å². The van der Waals surface area contributed by atoms with Crippen LogP contribution in [-0.2, 0) is 4.79 Å². The molecule has 0 aliphatic rings. The molecule has 0 amide bonds. The normalized spacial score (nSPS) is 8.80. The first-order chi connectivity index (χ1) is 4.93. The fraction of sp³-hybridized carbons (Fsp3) is 0.143. The quantitative estimate of drug-likeness (QED) is 0.660. The summed E-state index contributed by atoms with van der Waals surface area (Å²) in [6.07, 6.45) is 5.05. The van der Waals surface area contributed by atoms with Gasteiger partial charge in [0.05, 0.1) is 12.2 Å². The molecule has 0 unspecified atom stereocenters. The van der Waals surface area contributed by atoms with E-state index in [1.165, 1.54) is 0 Å². The molecule has 1 heterocycles. The third kappa shape index (κ3) is 1.85. The van der Waals surface area contributed by atoms with Crippen molar-refractivity contribution in [3.8, 4) is 0 Å². The highest BCUT2D eigenvalue weighted by Crippen LogP contribution is 1.99. The lowest BCUT2D eigenvalue weighted by molar-refractivity contribution is 0.557. The Morgan fingerprint density at radius 1 is 1.70 bits per heavy atom. The summed E-state index contributed by atoms with van der Waals surface area (Å²) in [5.74, 6) is 0. The van der Waals surface area contributed by atoms with Crippen molar-refractivity contribution in [2.75, 3.05) is 11.9 Å². The molecule has 1 rings (SSSR count). The Morgan fingerprint density at radius 2 is 2.60 bits per heavy atom. The summed E-state index contributed by atoms with van der Waals surface area (Å²) >= 11 is 0. The number of aromatic nitrogens is 1. The first kappa shape index (κ1) is 6.74. The SMILES string of the molecule is O=[C]CNc1cccnc1. The number of pyridine rings is 1. The zero-order valence-corrected chi connectivity index (χ0v) is 5.37. The Balaban J connectivity index is 2.50. The third-order valence-electron chi connectivity index (χ3n) is 1.03. The minimum absolute atomic E-state index is 0.214. The van der Waals surface area contributed by atoms with Gasteiger partial charge in [-0.15, -0.1) is 0 Å². The Hall–Kier alpha value is -1.38. The average molecular weight is 135 g/mol. The van der Waals surface area contributed by atoms with Gasteiger partial charge in [0, 0.05) is 12.4 Å². The smallest absolute Gasteiger partial charge is 0.219 e. The molecule has 0 saturated heterocycles. The number of nitrogens with one attached hydrogen (secondary N) is 1. The second kappa shape index (κ2) is 3.61. The summed E-state index contributed by atoms with van der Waals surface area (Å²) in [5, 5.41) is 2.81. The van der Waals surface area contributed by atoms with Crippen LogP contribution in [0.3, 0.4) is 0 Å². The van der Waals surface area contributed by atoms with Crippen molar-refractivity contribution < 1.29 is 4.79 Å². The molecule has 3 nitrogen and oxygen atoms in total. The summed E-state index contributed by atoms with van der Waals surface area (Å²) in [6, 6.07) is 3.64. The highest BCUT2D eigenvalue weighted by atomic mass is 16.1. The zero-order valence-electron chi connectivity index (χ0n) is 5.37. The monoisotopic (exact) mass is 135 g/mol. The molecule has 0 saturated carbocycles. The van der Waals surface area contributed by atoms with Crippen LogP contribution in [0, 0.1) is 0 Å². The van der Waals surface area contributed by atoms with Gasteiger partial charge in [0.2, 0.25) is 6.29 Å². The van der Waals surface area contributed by atoms with E-state index in [1.54, 1.807) is 24.7 Å². The van der Waals surface area contributed by atoms with Gasteiger partial charge in [-0.05, 0) is 12.1 Å². The topological polar surface area (TPSA) is 42.0 Å². The van der Waals surface area contributed by atoms with Crippen LogP contribution in [-0.4, -0.2) is 17.8 Å². The van der Waals surface area contributed by atoms with Crippen molar-refractivity contribution in [1.29, 1.82) is 0 Å². The minimum atomic E-state index is 0.214. The maximum atomic E-state index is 9.77. The van der Waals surface area contributed by atoms with E-state index in [1.807, 2.05) is 6.07 Å². The first-order valence-corrected chi connectivity index (χ1v) is 2.92. The van der Waals surface area contributed by atoms with Crippen LogP contribution >= 0.6 is 0 Å². The molecule has 0 atom stereocenters. The van der Waals surface area contributed by atoms with Crippen molar-refractivity contribution in [2.45, 2.75) is 0 Å². The molecule has 10 heavy (non-hydrogen) atoms. The predicted molar refractivity (Wildman–Crippen MR) is 38.4 cm³/mol. The van der Waals surface area contributed by atoms with Crippen molar-refractivity contribution >= 4 is 12.0 Å². The lowest BCUT2D eigenvalue weighted by atomic mass is 10.4. The third-order valence-corrected chi connectivity index (χ3v) is 1.03. The van der Waals surface area contributed by atoms with Gasteiger partial charge in [-0.2, -0.15) is 0 Å². The molecule has 1 radical (unpaired) electrons. The van der Waals surface area contributed by atoms with Gasteiger partial charge >= 0.3 is 0 Å². The lowest BCUT2D eigenvalue weighted by Gasteiger charge is -1.97. The average Bonchev–Trinajstić information content (AvgIpc) is 2.03. The molecule has 3 heteroatoms. The zero-order chi connectivity index (χ0) is 7.23. The molecule has 1 aromatic heterocycles. The van der Waals surface area contributed by atoms with Crippen molar-refractivity contribution in [3.63, 3.8) is 0 Å². The summed E-state index contributed by atoms with van der Waals surface area (Å²) in [4.78, 5) is 13.6. The van der Waals surface area contributed by atoms with E-state index in [0.717, 1.165) is 5.69 Å². The second-order valence-corrected chi connectivity index (χ2v) is 1.74. The van der Waals surface area contributed by atoms with E-state index in [2.05, 4.69) is 10.3 Å². The Bertz CT molecular complexity index is 198. The highest BCUT2D eigenvalue weighted by molar-refractivity contribution is 5.59. The van der Waals surface area contributed by atoms with E-state index in [-0.39, 0.29) is 6.54 Å². The van der Waals surface area contributed by atoms with Crippen LogP contribution < -0.4 is 5.32 Å². The number of anilines is 1. The molecule has 0 fully saturated rings. The van der Waals surface area contributed by atoms with E-state index in [4.69, 9.17) is 0 Å². The van der Waals surface area contributed by atoms with Gasteiger partial charge in [-0.25, -0.2) is 0 Å². The highest BCUT2D eigenvalue weighted by Gasteiger charge is 1.86. The molecule has 1 aromatic rings. The molecule has 0 aliphatic carbocycles. The van der Waals surface area contributed by atoms with Gasteiger partial charge < -0.3 is 5.32 Å². The Morgan fingerprint density at radius 3 is 3.20 bits per heavy atom. The van der Waals surface area contributed by atoms with E-state index in [0.29, 0.717) is 0 Å². The fourth-order valence-electron chi connectivity index (χ4n) is 0.605. The van der Waals surface area contributed by atoms with E-state index in [9.17, 15) is 4.79 Å². The van der Waals surface area contributed by atoms with Crippen LogP contribution in [0.15, 0.2) is 24.5 Å². The molecule has 0 bridgehead atoms. The maximum Gasteiger partial charge on any atom is 0.219 e. The van der Waals surface area contributed by atoms with Gasteiger partial charge in [-0.1, -0.05) is 0 Å². The summed E-state index contributed by atoms with van der Waals surface area (Å²) in [6.45, 7) is 0.214. The first-order valence-electron chi connectivity index (χ1n) is 2.92. The Labute approximate surface area is 59.1 Å². The van der Waals surface area contributed by atoms with Crippen LogP contribution in [0.4, 0.5) is 5.69 Å². The number of nitrogens with zero attached hydrogens (tertiary/aromatic N) is 1. The van der Waals surface area contributed by atoms with Crippen LogP contribution in [0.1, 0.15) is 0 Å². The van der Waals surface area contributed by atoms with Gasteiger partial charge in [-0.3, -0.25) is 9.78 Å².